The fourth-order valence-electron chi connectivity index (χ4n) is 1.11. The Morgan fingerprint density at radius 2 is 2.20 bits per heavy atom. The Bertz CT molecular complexity index is 517. The first-order chi connectivity index (χ1) is 9.20. The largest absolute Gasteiger partial charge is 0.417 e. The van der Waals surface area contributed by atoms with Gasteiger partial charge in [-0.15, -0.1) is 0 Å². The number of pyridine rings is 1. The molecule has 0 unspecified atom stereocenters. The monoisotopic (exact) mass is 308 g/mol. The highest BCUT2D eigenvalue weighted by Crippen LogP contribution is 2.32. The van der Waals surface area contributed by atoms with E-state index in [2.05, 4.69) is 15.3 Å². The van der Waals surface area contributed by atoms with Crippen LogP contribution in [0, 0.1) is 0 Å². The molecule has 1 heterocycles. The predicted octanol–water partition coefficient (Wildman–Crippen LogP) is 2.28. The van der Waals surface area contributed by atoms with Crippen LogP contribution in [-0.2, 0) is 11.0 Å². The molecule has 0 saturated carbocycles. The zero-order chi connectivity index (χ0) is 15.3. The lowest BCUT2D eigenvalue weighted by atomic mass is 10.3. The summed E-state index contributed by atoms with van der Waals surface area (Å²) in [4.78, 5) is 20.0. The number of halogens is 4. The number of aliphatic imine (C=N–C) groups is 1. The lowest BCUT2D eigenvalue weighted by molar-refractivity contribution is -0.137. The predicted molar refractivity (Wildman–Crippen MR) is 69.9 cm³/mol. The first-order valence-corrected chi connectivity index (χ1v) is 5.78. The van der Waals surface area contributed by atoms with Gasteiger partial charge in [-0.25, -0.2) is 9.98 Å². The van der Waals surface area contributed by atoms with Gasteiger partial charge in [0.15, 0.2) is 0 Å². The van der Waals surface area contributed by atoms with Gasteiger partial charge in [-0.3, -0.25) is 4.79 Å². The maximum Gasteiger partial charge on any atom is 0.417 e. The molecule has 0 fully saturated rings. The molecule has 0 aliphatic carbocycles. The van der Waals surface area contributed by atoms with Crippen molar-refractivity contribution in [1.29, 1.82) is 0 Å². The molecule has 0 saturated heterocycles. The summed E-state index contributed by atoms with van der Waals surface area (Å²) in [5.41, 5.74) is -0.954. The van der Waals surface area contributed by atoms with E-state index >= 15 is 0 Å². The first kappa shape index (κ1) is 16.2. The number of alkyl halides is 3. The molecule has 1 N–H and O–H groups in total. The summed E-state index contributed by atoms with van der Waals surface area (Å²) < 4.78 is 37.2. The van der Waals surface area contributed by atoms with E-state index in [-0.39, 0.29) is 17.4 Å². The van der Waals surface area contributed by atoms with E-state index in [1.165, 1.54) is 6.34 Å². The van der Waals surface area contributed by atoms with Crippen LogP contribution in [-0.4, -0.2) is 42.8 Å². The lowest BCUT2D eigenvalue weighted by Gasteiger charge is -2.09. The number of hydrogen-bond acceptors (Lipinski definition) is 3. The number of nitrogens with zero attached hydrogens (tertiary/aromatic N) is 3. The highest BCUT2D eigenvalue weighted by Gasteiger charge is 2.31. The van der Waals surface area contributed by atoms with Crippen molar-refractivity contribution in [2.75, 3.05) is 26.0 Å². The molecule has 110 valence electrons. The number of carbonyl (C=O) groups excluding carboxylic acids is 1. The summed E-state index contributed by atoms with van der Waals surface area (Å²) in [6.07, 6.45) is -2.56. The third-order valence-corrected chi connectivity index (χ3v) is 2.30. The molecule has 1 amide bonds. The second-order valence-electron chi connectivity index (χ2n) is 4.01. The van der Waals surface area contributed by atoms with Gasteiger partial charge < -0.3 is 10.2 Å². The van der Waals surface area contributed by atoms with Crippen LogP contribution >= 0.6 is 11.6 Å². The van der Waals surface area contributed by atoms with Crippen molar-refractivity contribution >= 4 is 29.7 Å². The van der Waals surface area contributed by atoms with Crippen LogP contribution in [0.25, 0.3) is 0 Å². The number of anilines is 1. The number of nitrogens with one attached hydrogen (secondary N) is 1. The first-order valence-electron chi connectivity index (χ1n) is 5.40. The van der Waals surface area contributed by atoms with Gasteiger partial charge in [0.2, 0.25) is 0 Å². The molecular formula is C11H12ClF3N4O. The minimum absolute atomic E-state index is 0.00642. The number of amides is 1. The molecule has 1 aromatic heterocycles. The number of hydrogen-bond donors (Lipinski definition) is 1. The van der Waals surface area contributed by atoms with Gasteiger partial charge in [0.05, 0.1) is 23.5 Å². The maximum atomic E-state index is 12.4. The third kappa shape index (κ3) is 5.04. The molecule has 9 heteroatoms. The molecule has 0 atom stereocenters. The average Bonchev–Trinajstić information content (AvgIpc) is 2.33. The zero-order valence-corrected chi connectivity index (χ0v) is 11.5. The second-order valence-corrected chi connectivity index (χ2v) is 4.41. The molecule has 0 radical (unpaired) electrons. The van der Waals surface area contributed by atoms with E-state index in [0.29, 0.717) is 6.20 Å². The van der Waals surface area contributed by atoms with Gasteiger partial charge in [0.25, 0.3) is 5.91 Å². The maximum absolute atomic E-state index is 12.4. The van der Waals surface area contributed by atoms with E-state index in [1.54, 1.807) is 19.0 Å². The standard InChI is InChI=1S/C11H12ClF3N4O/c1-19(2)6-18-9(20)5-17-10-8(12)3-7(4-16-10)11(13,14)15/h3-4,6H,5H2,1-2H3,(H,16,17). The molecule has 20 heavy (non-hydrogen) atoms. The van der Waals surface area contributed by atoms with Crippen LogP contribution in [0.15, 0.2) is 17.3 Å². The van der Waals surface area contributed by atoms with Gasteiger partial charge in [-0.05, 0) is 6.07 Å². The Morgan fingerprint density at radius 1 is 1.55 bits per heavy atom. The van der Waals surface area contributed by atoms with E-state index in [9.17, 15) is 18.0 Å². The van der Waals surface area contributed by atoms with Crippen molar-refractivity contribution < 1.29 is 18.0 Å². The quantitative estimate of drug-likeness (QED) is 0.685. The summed E-state index contributed by atoms with van der Waals surface area (Å²) >= 11 is 5.66. The summed E-state index contributed by atoms with van der Waals surface area (Å²) in [5, 5.41) is 2.30. The molecule has 5 nitrogen and oxygen atoms in total. The molecule has 0 aromatic carbocycles. The summed E-state index contributed by atoms with van der Waals surface area (Å²) in [6, 6.07) is 0.741. The minimum atomic E-state index is -4.51. The number of carbonyl (C=O) groups is 1. The van der Waals surface area contributed by atoms with Gasteiger partial charge in [0, 0.05) is 20.3 Å². The average molecular weight is 309 g/mol. The van der Waals surface area contributed by atoms with E-state index in [1.807, 2.05) is 0 Å². The van der Waals surface area contributed by atoms with Crippen LogP contribution in [0.5, 0.6) is 0 Å². The van der Waals surface area contributed by atoms with E-state index in [0.717, 1.165) is 6.07 Å². The molecule has 0 bridgehead atoms. The van der Waals surface area contributed by atoms with E-state index < -0.39 is 17.6 Å². The highest BCUT2D eigenvalue weighted by molar-refractivity contribution is 6.33. The van der Waals surface area contributed by atoms with Crippen molar-refractivity contribution in [3.8, 4) is 0 Å². The smallest absolute Gasteiger partial charge is 0.369 e. The van der Waals surface area contributed by atoms with Crippen LogP contribution in [0.4, 0.5) is 19.0 Å². The van der Waals surface area contributed by atoms with Crippen LogP contribution in [0.3, 0.4) is 0 Å². The van der Waals surface area contributed by atoms with Crippen molar-refractivity contribution in [3.63, 3.8) is 0 Å². The zero-order valence-electron chi connectivity index (χ0n) is 10.7. The number of aromatic nitrogens is 1. The third-order valence-electron chi connectivity index (χ3n) is 2.01. The van der Waals surface area contributed by atoms with Crippen molar-refractivity contribution in [2.45, 2.75) is 6.18 Å². The fourth-order valence-corrected chi connectivity index (χ4v) is 1.34. The van der Waals surface area contributed by atoms with Gasteiger partial charge in [-0.1, -0.05) is 11.6 Å². The Labute approximate surface area is 118 Å². The molecular weight excluding hydrogens is 297 g/mol. The Balaban J connectivity index is 2.68. The second kappa shape index (κ2) is 6.56. The van der Waals surface area contributed by atoms with Gasteiger partial charge in [0.1, 0.15) is 5.82 Å². The SMILES string of the molecule is CN(C)C=NC(=O)CNc1ncc(C(F)(F)F)cc1Cl. The number of rotatable bonds is 4. The fraction of sp³-hybridized carbons (Fsp3) is 0.364. The normalized spacial score (nSPS) is 11.7. The molecule has 0 spiro atoms. The summed E-state index contributed by atoms with van der Waals surface area (Å²) in [6.45, 7) is -0.220. The minimum Gasteiger partial charge on any atom is -0.369 e. The van der Waals surface area contributed by atoms with Crippen LogP contribution in [0.1, 0.15) is 5.56 Å². The van der Waals surface area contributed by atoms with E-state index in [4.69, 9.17) is 11.6 Å². The Morgan fingerprint density at radius 3 is 2.70 bits per heavy atom. The topological polar surface area (TPSA) is 57.6 Å². The van der Waals surface area contributed by atoms with Crippen molar-refractivity contribution in [3.05, 3.63) is 22.8 Å². The molecule has 1 aromatic rings. The molecule has 1 rings (SSSR count). The highest BCUT2D eigenvalue weighted by atomic mass is 35.5. The van der Waals surface area contributed by atoms with Gasteiger partial charge in [-0.2, -0.15) is 13.2 Å². The van der Waals surface area contributed by atoms with Crippen LogP contribution in [0.2, 0.25) is 5.02 Å². The summed E-state index contributed by atoms with van der Waals surface area (Å²) in [7, 11) is 3.39. The lowest BCUT2D eigenvalue weighted by Crippen LogP contribution is -2.16. The summed E-state index contributed by atoms with van der Waals surface area (Å²) in [5.74, 6) is -0.510. The molecule has 0 aliphatic rings. The Kier molecular flexibility index (Phi) is 5.32. The van der Waals surface area contributed by atoms with Crippen molar-refractivity contribution in [2.24, 2.45) is 4.99 Å². The molecule has 0 aliphatic heterocycles. The van der Waals surface area contributed by atoms with Crippen LogP contribution < -0.4 is 5.32 Å². The van der Waals surface area contributed by atoms with Gasteiger partial charge >= 0.3 is 6.18 Å². The van der Waals surface area contributed by atoms with Crippen molar-refractivity contribution in [1.82, 2.24) is 9.88 Å². The Hall–Kier alpha value is -1.83.